The summed E-state index contributed by atoms with van der Waals surface area (Å²) in [4.78, 5) is 0. The summed E-state index contributed by atoms with van der Waals surface area (Å²) in [5.41, 5.74) is 3.37. The number of hydrogen-bond donors (Lipinski definition) is 0. The van der Waals surface area contributed by atoms with Crippen LogP contribution >= 0.6 is 0 Å². The lowest BCUT2D eigenvalue weighted by Gasteiger charge is -2.02. The fourth-order valence-corrected chi connectivity index (χ4v) is 1.70. The van der Waals surface area contributed by atoms with Crippen molar-refractivity contribution in [3.63, 3.8) is 0 Å². The van der Waals surface area contributed by atoms with Gasteiger partial charge in [-0.3, -0.25) is 0 Å². The van der Waals surface area contributed by atoms with Crippen molar-refractivity contribution in [2.24, 2.45) is 0 Å². The van der Waals surface area contributed by atoms with E-state index in [0.717, 1.165) is 22.6 Å². The molecule has 2 rings (SSSR count). The SMILES string of the molecule is Cc1cc(-c2c(C)noc2C)ccc1F. The number of benzene rings is 1. The maximum Gasteiger partial charge on any atom is 0.141 e. The fourth-order valence-electron chi connectivity index (χ4n) is 1.70. The van der Waals surface area contributed by atoms with E-state index in [1.807, 2.05) is 19.9 Å². The van der Waals surface area contributed by atoms with E-state index in [1.165, 1.54) is 6.07 Å². The molecule has 0 aliphatic heterocycles. The summed E-state index contributed by atoms with van der Waals surface area (Å²) in [6, 6.07) is 5.02. The predicted molar refractivity (Wildman–Crippen MR) is 56.1 cm³/mol. The molecule has 0 radical (unpaired) electrons. The van der Waals surface area contributed by atoms with Crippen LogP contribution < -0.4 is 0 Å². The molecule has 0 saturated heterocycles. The van der Waals surface area contributed by atoms with Gasteiger partial charge in [0.15, 0.2) is 0 Å². The molecule has 78 valence electrons. The summed E-state index contributed by atoms with van der Waals surface area (Å²) in [6.45, 7) is 5.48. The van der Waals surface area contributed by atoms with Gasteiger partial charge in [-0.25, -0.2) is 4.39 Å². The van der Waals surface area contributed by atoms with E-state index in [9.17, 15) is 4.39 Å². The Hall–Kier alpha value is -1.64. The van der Waals surface area contributed by atoms with Crippen LogP contribution in [0.25, 0.3) is 11.1 Å². The lowest BCUT2D eigenvalue weighted by molar-refractivity contribution is 0.393. The first-order valence-electron chi connectivity index (χ1n) is 4.79. The van der Waals surface area contributed by atoms with E-state index in [0.29, 0.717) is 5.56 Å². The van der Waals surface area contributed by atoms with Gasteiger partial charge < -0.3 is 4.52 Å². The molecule has 15 heavy (non-hydrogen) atoms. The van der Waals surface area contributed by atoms with Crippen LogP contribution in [-0.2, 0) is 0 Å². The Morgan fingerprint density at radius 2 is 1.93 bits per heavy atom. The molecular formula is C12H12FNO. The first-order valence-corrected chi connectivity index (χ1v) is 4.79. The van der Waals surface area contributed by atoms with Gasteiger partial charge in [-0.05, 0) is 44.0 Å². The van der Waals surface area contributed by atoms with Gasteiger partial charge >= 0.3 is 0 Å². The minimum absolute atomic E-state index is 0.189. The van der Waals surface area contributed by atoms with E-state index in [2.05, 4.69) is 5.16 Å². The third-order valence-electron chi connectivity index (χ3n) is 2.48. The molecule has 0 fully saturated rings. The van der Waals surface area contributed by atoms with Gasteiger partial charge in [0.1, 0.15) is 11.6 Å². The number of nitrogens with zero attached hydrogens (tertiary/aromatic N) is 1. The summed E-state index contributed by atoms with van der Waals surface area (Å²) in [7, 11) is 0. The van der Waals surface area contributed by atoms with Crippen molar-refractivity contribution in [3.8, 4) is 11.1 Å². The fraction of sp³-hybridized carbons (Fsp3) is 0.250. The average molecular weight is 205 g/mol. The van der Waals surface area contributed by atoms with Crippen LogP contribution in [0.4, 0.5) is 4.39 Å². The number of aromatic nitrogens is 1. The van der Waals surface area contributed by atoms with Crippen molar-refractivity contribution in [2.75, 3.05) is 0 Å². The highest BCUT2D eigenvalue weighted by Gasteiger charge is 2.11. The Morgan fingerprint density at radius 3 is 2.47 bits per heavy atom. The molecule has 0 atom stereocenters. The molecule has 0 saturated carbocycles. The predicted octanol–water partition coefficient (Wildman–Crippen LogP) is 3.41. The normalized spacial score (nSPS) is 10.7. The van der Waals surface area contributed by atoms with Crippen molar-refractivity contribution >= 4 is 0 Å². The summed E-state index contributed by atoms with van der Waals surface area (Å²) in [5, 5.41) is 3.88. The van der Waals surface area contributed by atoms with Crippen molar-refractivity contribution in [1.82, 2.24) is 5.16 Å². The molecule has 0 aliphatic rings. The largest absolute Gasteiger partial charge is 0.361 e. The molecule has 1 heterocycles. The zero-order chi connectivity index (χ0) is 11.0. The first-order chi connectivity index (χ1) is 7.09. The molecule has 0 N–H and O–H groups in total. The molecule has 0 unspecified atom stereocenters. The molecule has 1 aromatic carbocycles. The van der Waals surface area contributed by atoms with Crippen LogP contribution in [0.5, 0.6) is 0 Å². The zero-order valence-electron chi connectivity index (χ0n) is 8.97. The maximum atomic E-state index is 13.1. The average Bonchev–Trinajstić information content (AvgIpc) is 2.52. The lowest BCUT2D eigenvalue weighted by Crippen LogP contribution is -1.86. The Kier molecular flexibility index (Phi) is 2.31. The molecule has 0 spiro atoms. The van der Waals surface area contributed by atoms with Gasteiger partial charge in [-0.15, -0.1) is 0 Å². The van der Waals surface area contributed by atoms with Crippen molar-refractivity contribution in [2.45, 2.75) is 20.8 Å². The topological polar surface area (TPSA) is 26.0 Å². The second-order valence-electron chi connectivity index (χ2n) is 3.66. The smallest absolute Gasteiger partial charge is 0.141 e. The number of halogens is 1. The molecule has 2 aromatic rings. The highest BCUT2D eigenvalue weighted by Crippen LogP contribution is 2.27. The van der Waals surface area contributed by atoms with Crippen molar-refractivity contribution in [1.29, 1.82) is 0 Å². The Balaban J connectivity index is 2.59. The van der Waals surface area contributed by atoms with Gasteiger partial charge in [-0.1, -0.05) is 11.2 Å². The third kappa shape index (κ3) is 1.65. The Labute approximate surface area is 87.7 Å². The van der Waals surface area contributed by atoms with Crippen LogP contribution in [-0.4, -0.2) is 5.16 Å². The number of aryl methyl sites for hydroxylation is 3. The van der Waals surface area contributed by atoms with Crippen LogP contribution in [0.15, 0.2) is 22.7 Å². The van der Waals surface area contributed by atoms with Crippen molar-refractivity contribution < 1.29 is 8.91 Å². The van der Waals surface area contributed by atoms with Gasteiger partial charge in [0, 0.05) is 5.56 Å². The second-order valence-corrected chi connectivity index (χ2v) is 3.66. The highest BCUT2D eigenvalue weighted by molar-refractivity contribution is 5.68. The quantitative estimate of drug-likeness (QED) is 0.713. The van der Waals surface area contributed by atoms with Gasteiger partial charge in [-0.2, -0.15) is 0 Å². The van der Waals surface area contributed by atoms with Crippen LogP contribution in [0.3, 0.4) is 0 Å². The molecule has 0 amide bonds. The van der Waals surface area contributed by atoms with E-state index in [4.69, 9.17) is 4.52 Å². The third-order valence-corrected chi connectivity index (χ3v) is 2.48. The van der Waals surface area contributed by atoms with E-state index < -0.39 is 0 Å². The van der Waals surface area contributed by atoms with E-state index >= 15 is 0 Å². The summed E-state index contributed by atoms with van der Waals surface area (Å²) in [5.74, 6) is 0.573. The minimum Gasteiger partial charge on any atom is -0.361 e. The maximum absolute atomic E-state index is 13.1. The number of hydrogen-bond acceptors (Lipinski definition) is 2. The highest BCUT2D eigenvalue weighted by atomic mass is 19.1. The lowest BCUT2D eigenvalue weighted by atomic mass is 10.0. The Morgan fingerprint density at radius 1 is 1.20 bits per heavy atom. The minimum atomic E-state index is -0.189. The molecule has 3 heteroatoms. The van der Waals surface area contributed by atoms with Crippen LogP contribution in [0.2, 0.25) is 0 Å². The van der Waals surface area contributed by atoms with Gasteiger partial charge in [0.2, 0.25) is 0 Å². The van der Waals surface area contributed by atoms with E-state index in [1.54, 1.807) is 13.0 Å². The molecular weight excluding hydrogens is 193 g/mol. The molecule has 2 nitrogen and oxygen atoms in total. The van der Waals surface area contributed by atoms with Crippen LogP contribution in [0.1, 0.15) is 17.0 Å². The second kappa shape index (κ2) is 3.50. The number of rotatable bonds is 1. The standard InChI is InChI=1S/C12H12FNO/c1-7-6-10(4-5-11(7)13)12-8(2)14-15-9(12)3/h4-6H,1-3H3. The summed E-state index contributed by atoms with van der Waals surface area (Å²) >= 11 is 0. The van der Waals surface area contributed by atoms with Gasteiger partial charge in [0.05, 0.1) is 5.69 Å². The van der Waals surface area contributed by atoms with Gasteiger partial charge in [0.25, 0.3) is 0 Å². The van der Waals surface area contributed by atoms with Crippen LogP contribution in [0, 0.1) is 26.6 Å². The first kappa shape index (κ1) is 9.90. The monoisotopic (exact) mass is 205 g/mol. The van der Waals surface area contributed by atoms with Crippen molar-refractivity contribution in [3.05, 3.63) is 41.0 Å². The Bertz CT molecular complexity index is 483. The van der Waals surface area contributed by atoms with E-state index in [-0.39, 0.29) is 5.82 Å². The molecule has 1 aromatic heterocycles. The summed E-state index contributed by atoms with van der Waals surface area (Å²) in [6.07, 6.45) is 0. The molecule has 0 bridgehead atoms. The zero-order valence-corrected chi connectivity index (χ0v) is 8.97. The molecule has 0 aliphatic carbocycles. The summed E-state index contributed by atoms with van der Waals surface area (Å²) < 4.78 is 18.2.